The summed E-state index contributed by atoms with van der Waals surface area (Å²) in [5.74, 6) is -0.417. The van der Waals surface area contributed by atoms with Crippen molar-refractivity contribution in [2.24, 2.45) is 5.11 Å². The van der Waals surface area contributed by atoms with Crippen LogP contribution in [0.3, 0.4) is 0 Å². The Kier molecular flexibility index (Phi) is 3.15. The van der Waals surface area contributed by atoms with E-state index in [-0.39, 0.29) is 0 Å². The van der Waals surface area contributed by atoms with E-state index in [2.05, 4.69) is 14.8 Å². The third kappa shape index (κ3) is 2.28. The smallest absolute Gasteiger partial charge is 0.328 e. The zero-order valence-electron chi connectivity index (χ0n) is 7.03. The number of Topliss-reactive ketones (excluding diaryl/α,β-unsaturated/α-hetero) is 1. The van der Waals surface area contributed by atoms with Crippen LogP contribution in [-0.4, -0.2) is 16.8 Å². The highest BCUT2D eigenvalue weighted by atomic mass is 16.1. The molecule has 0 N–H and O–H groups in total. The summed E-state index contributed by atoms with van der Waals surface area (Å²) in [5, 5.41) is 3.34. The van der Waals surface area contributed by atoms with Crippen LogP contribution in [0.4, 0.5) is 5.69 Å². The van der Waals surface area contributed by atoms with Crippen molar-refractivity contribution in [3.8, 4) is 0 Å². The molecule has 0 unspecified atom stereocenters. The molecular weight excluding hydrogens is 182 g/mol. The molecule has 6 nitrogen and oxygen atoms in total. The molecule has 0 saturated heterocycles. The SMILES string of the molecule is [N-]=[N+]=CC(=O)c1ccc(N=[N+]=[N-])cc1. The Morgan fingerprint density at radius 2 is 1.93 bits per heavy atom. The fraction of sp³-hybridized carbons (Fsp3) is 0. The highest BCUT2D eigenvalue weighted by Crippen LogP contribution is 2.12. The Bertz CT molecular complexity index is 437. The Morgan fingerprint density at radius 3 is 2.43 bits per heavy atom. The first-order chi connectivity index (χ1) is 6.77. The molecule has 1 aromatic rings. The molecule has 0 aliphatic heterocycles. The predicted octanol–water partition coefficient (Wildman–Crippen LogP) is 2.11. The molecule has 14 heavy (non-hydrogen) atoms. The van der Waals surface area contributed by atoms with Gasteiger partial charge in [-0.15, -0.1) is 0 Å². The molecule has 1 rings (SSSR count). The van der Waals surface area contributed by atoms with Gasteiger partial charge in [0.1, 0.15) is 0 Å². The van der Waals surface area contributed by atoms with Crippen LogP contribution in [-0.2, 0) is 0 Å². The van der Waals surface area contributed by atoms with E-state index in [1.165, 1.54) is 24.3 Å². The van der Waals surface area contributed by atoms with Gasteiger partial charge in [-0.3, -0.25) is 4.79 Å². The van der Waals surface area contributed by atoms with Gasteiger partial charge >= 0.3 is 6.21 Å². The Balaban J connectivity index is 2.98. The van der Waals surface area contributed by atoms with Gasteiger partial charge < -0.3 is 5.53 Å². The zero-order chi connectivity index (χ0) is 10.4. The summed E-state index contributed by atoms with van der Waals surface area (Å²) in [7, 11) is 0. The van der Waals surface area contributed by atoms with Crippen molar-refractivity contribution in [1.82, 2.24) is 0 Å². The number of hydrogen-bond acceptors (Lipinski definition) is 2. The summed E-state index contributed by atoms with van der Waals surface area (Å²) in [6.07, 6.45) is 0.794. The van der Waals surface area contributed by atoms with Gasteiger partial charge in [-0.05, 0) is 5.53 Å². The maximum absolute atomic E-state index is 11.1. The fourth-order valence-corrected chi connectivity index (χ4v) is 0.871. The van der Waals surface area contributed by atoms with Crippen LogP contribution in [0.15, 0.2) is 29.4 Å². The molecule has 0 fully saturated rings. The van der Waals surface area contributed by atoms with Crippen molar-refractivity contribution in [1.29, 1.82) is 0 Å². The van der Waals surface area contributed by atoms with E-state index in [9.17, 15) is 4.79 Å². The van der Waals surface area contributed by atoms with Crippen molar-refractivity contribution in [3.63, 3.8) is 0 Å². The van der Waals surface area contributed by atoms with Gasteiger partial charge in [-0.1, -0.05) is 29.4 Å². The number of benzene rings is 1. The fourth-order valence-electron chi connectivity index (χ4n) is 0.871. The lowest BCUT2D eigenvalue weighted by molar-refractivity contribution is 0.00235. The molecule has 0 saturated carbocycles. The van der Waals surface area contributed by atoms with Crippen LogP contribution in [0.5, 0.6) is 0 Å². The third-order valence-corrected chi connectivity index (χ3v) is 1.49. The minimum atomic E-state index is -0.417. The number of rotatable bonds is 3. The lowest BCUT2D eigenvalue weighted by Gasteiger charge is -1.92. The molecule has 6 heteroatoms. The molecule has 0 aromatic heterocycles. The number of nitrogens with zero attached hydrogens (tertiary/aromatic N) is 5. The second-order valence-electron chi connectivity index (χ2n) is 2.35. The molecule has 0 aliphatic carbocycles. The summed E-state index contributed by atoms with van der Waals surface area (Å²) in [6, 6.07) is 5.96. The van der Waals surface area contributed by atoms with Crippen molar-refractivity contribution in [2.45, 2.75) is 0 Å². The molecular formula is C8H5N5O. The first-order valence-corrected chi connectivity index (χ1v) is 3.65. The molecule has 0 amide bonds. The highest BCUT2D eigenvalue weighted by Gasteiger charge is 2.05. The first kappa shape index (κ1) is 9.67. The van der Waals surface area contributed by atoms with Gasteiger partial charge in [0.2, 0.25) is 0 Å². The van der Waals surface area contributed by atoms with Crippen LogP contribution in [0.25, 0.3) is 16.0 Å². The van der Waals surface area contributed by atoms with Crippen molar-refractivity contribution >= 4 is 17.7 Å². The largest absolute Gasteiger partial charge is 0.361 e. The Labute approximate surface area is 79.0 Å². The quantitative estimate of drug-likeness (QED) is 0.233. The molecule has 0 atom stereocenters. The predicted molar refractivity (Wildman–Crippen MR) is 49.3 cm³/mol. The van der Waals surface area contributed by atoms with E-state index < -0.39 is 5.78 Å². The van der Waals surface area contributed by atoms with Crippen LogP contribution in [0, 0.1) is 0 Å². The molecule has 0 spiro atoms. The van der Waals surface area contributed by atoms with E-state index in [4.69, 9.17) is 11.1 Å². The van der Waals surface area contributed by atoms with Crippen LogP contribution in [0.2, 0.25) is 0 Å². The Morgan fingerprint density at radius 1 is 1.29 bits per heavy atom. The maximum Gasteiger partial charge on any atom is 0.328 e. The number of carbonyl (C=O) groups excluding carboxylic acids is 1. The zero-order valence-corrected chi connectivity index (χ0v) is 7.03. The summed E-state index contributed by atoms with van der Waals surface area (Å²) < 4.78 is 0. The van der Waals surface area contributed by atoms with Gasteiger partial charge in [0.25, 0.3) is 5.78 Å². The summed E-state index contributed by atoms with van der Waals surface area (Å²) >= 11 is 0. The summed E-state index contributed by atoms with van der Waals surface area (Å²) in [5.41, 5.74) is 17.0. The van der Waals surface area contributed by atoms with Crippen molar-refractivity contribution < 1.29 is 9.58 Å². The van der Waals surface area contributed by atoms with E-state index in [0.717, 1.165) is 6.21 Å². The normalized spacial score (nSPS) is 8.29. The minimum Gasteiger partial charge on any atom is -0.361 e. The molecule has 0 bridgehead atoms. The van der Waals surface area contributed by atoms with Crippen molar-refractivity contribution in [3.05, 3.63) is 45.8 Å². The number of ketones is 1. The van der Waals surface area contributed by atoms with Gasteiger partial charge in [0.15, 0.2) is 0 Å². The van der Waals surface area contributed by atoms with Gasteiger partial charge in [0.05, 0.1) is 0 Å². The topological polar surface area (TPSA) is 102 Å². The number of carbonyl (C=O) groups is 1. The lowest BCUT2D eigenvalue weighted by atomic mass is 10.1. The molecule has 0 aliphatic rings. The maximum atomic E-state index is 11.1. The van der Waals surface area contributed by atoms with E-state index in [1.807, 2.05) is 0 Å². The second kappa shape index (κ2) is 4.57. The van der Waals surface area contributed by atoms with Crippen molar-refractivity contribution in [2.75, 3.05) is 0 Å². The Hall–Kier alpha value is -2.42. The highest BCUT2D eigenvalue weighted by molar-refractivity contribution is 6.33. The third-order valence-electron chi connectivity index (χ3n) is 1.49. The summed E-state index contributed by atoms with van der Waals surface area (Å²) in [6.45, 7) is 0. The molecule has 1 aromatic carbocycles. The molecule has 0 radical (unpaired) electrons. The van der Waals surface area contributed by atoms with Crippen LogP contribution < -0.4 is 0 Å². The monoisotopic (exact) mass is 187 g/mol. The first-order valence-electron chi connectivity index (χ1n) is 3.65. The molecule has 0 heterocycles. The molecule has 68 valence electrons. The number of azide groups is 1. The summed E-state index contributed by atoms with van der Waals surface area (Å²) in [4.78, 5) is 16.3. The van der Waals surface area contributed by atoms with Crippen LogP contribution in [0.1, 0.15) is 10.4 Å². The average Bonchev–Trinajstić information content (AvgIpc) is 2.20. The van der Waals surface area contributed by atoms with Gasteiger partial charge in [0, 0.05) is 16.2 Å². The number of hydrogen-bond donors (Lipinski definition) is 0. The van der Waals surface area contributed by atoms with Gasteiger partial charge in [-0.2, -0.15) is 4.79 Å². The van der Waals surface area contributed by atoms with Crippen LogP contribution >= 0.6 is 0 Å². The van der Waals surface area contributed by atoms with E-state index in [0.29, 0.717) is 11.3 Å². The minimum absolute atomic E-state index is 0.361. The second-order valence-corrected chi connectivity index (χ2v) is 2.35. The standard InChI is InChI=1S/C8H5N5O/c9-11-5-8(14)6-1-3-7(4-2-6)12-13-10/h1-5H. The lowest BCUT2D eigenvalue weighted by Crippen LogP contribution is -1.99. The van der Waals surface area contributed by atoms with E-state index >= 15 is 0 Å². The van der Waals surface area contributed by atoms with Gasteiger partial charge in [-0.25, -0.2) is 0 Å². The average molecular weight is 187 g/mol. The van der Waals surface area contributed by atoms with E-state index in [1.54, 1.807) is 0 Å².